The van der Waals surface area contributed by atoms with Crippen LogP contribution >= 0.6 is 11.3 Å². The molecule has 3 rings (SSSR count). The van der Waals surface area contributed by atoms with Gasteiger partial charge in [0.2, 0.25) is 0 Å². The lowest BCUT2D eigenvalue weighted by Gasteiger charge is -2.23. The number of carbonyl (C=O) groups excluding carboxylic acids is 1. The second kappa shape index (κ2) is 9.01. The largest absolute Gasteiger partial charge is 0.495 e. The number of amides is 2. The van der Waals surface area contributed by atoms with E-state index >= 15 is 0 Å². The van der Waals surface area contributed by atoms with Crippen LogP contribution in [0.4, 0.5) is 10.5 Å². The highest BCUT2D eigenvalue weighted by molar-refractivity contribution is 7.09. The molecule has 1 N–H and O–H groups in total. The average molecular weight is 367 g/mol. The summed E-state index contributed by atoms with van der Waals surface area (Å²) in [5.74, 6) is 0.639. The van der Waals surface area contributed by atoms with Crippen molar-refractivity contribution in [1.29, 1.82) is 0 Å². The van der Waals surface area contributed by atoms with Gasteiger partial charge in [0.25, 0.3) is 0 Å². The summed E-state index contributed by atoms with van der Waals surface area (Å²) in [6, 6.07) is 15.2. The maximum Gasteiger partial charge on any atom is 0.322 e. The number of nitrogens with one attached hydrogen (secondary N) is 1. The Labute approximate surface area is 157 Å². The van der Waals surface area contributed by atoms with Crippen molar-refractivity contribution >= 4 is 23.1 Å². The van der Waals surface area contributed by atoms with E-state index in [1.807, 2.05) is 42.5 Å². The molecule has 0 spiro atoms. The third-order valence-electron chi connectivity index (χ3n) is 3.94. The van der Waals surface area contributed by atoms with Crippen LogP contribution in [0.15, 0.2) is 66.3 Å². The van der Waals surface area contributed by atoms with Gasteiger partial charge in [-0.2, -0.15) is 0 Å². The molecule has 0 unspecified atom stereocenters. The van der Waals surface area contributed by atoms with Crippen LogP contribution in [0.5, 0.6) is 5.75 Å². The van der Waals surface area contributed by atoms with Gasteiger partial charge >= 0.3 is 6.03 Å². The molecule has 2 heterocycles. The van der Waals surface area contributed by atoms with Gasteiger partial charge in [0, 0.05) is 30.4 Å². The van der Waals surface area contributed by atoms with Crippen molar-refractivity contribution < 1.29 is 9.53 Å². The Morgan fingerprint density at radius 2 is 2.08 bits per heavy atom. The van der Waals surface area contributed by atoms with Gasteiger partial charge in [-0.3, -0.25) is 4.98 Å². The zero-order valence-corrected chi connectivity index (χ0v) is 15.4. The van der Waals surface area contributed by atoms with Crippen molar-refractivity contribution in [3.05, 3.63) is 76.7 Å². The zero-order valence-electron chi connectivity index (χ0n) is 14.6. The fourth-order valence-electron chi connectivity index (χ4n) is 2.61. The number of carbonyl (C=O) groups is 1. The number of aromatic nitrogens is 1. The van der Waals surface area contributed by atoms with Crippen LogP contribution in [0.3, 0.4) is 0 Å². The minimum absolute atomic E-state index is 0.157. The van der Waals surface area contributed by atoms with E-state index in [2.05, 4.69) is 21.7 Å². The smallest absolute Gasteiger partial charge is 0.322 e. The summed E-state index contributed by atoms with van der Waals surface area (Å²) in [5.41, 5.74) is 1.65. The highest BCUT2D eigenvalue weighted by Gasteiger charge is 2.16. The highest BCUT2D eigenvalue weighted by atomic mass is 32.1. The molecule has 0 saturated carbocycles. The van der Waals surface area contributed by atoms with Gasteiger partial charge in [0.1, 0.15) is 5.75 Å². The Hall–Kier alpha value is -2.86. The second-order valence-electron chi connectivity index (χ2n) is 5.74. The first-order valence-electron chi connectivity index (χ1n) is 8.36. The monoisotopic (exact) mass is 367 g/mol. The fourth-order valence-corrected chi connectivity index (χ4v) is 3.30. The molecule has 26 heavy (non-hydrogen) atoms. The quantitative estimate of drug-likeness (QED) is 0.672. The minimum Gasteiger partial charge on any atom is -0.495 e. The molecule has 0 fully saturated rings. The molecule has 2 amide bonds. The molecule has 1 aromatic carbocycles. The topological polar surface area (TPSA) is 54.5 Å². The van der Waals surface area contributed by atoms with E-state index in [9.17, 15) is 4.79 Å². The van der Waals surface area contributed by atoms with Crippen molar-refractivity contribution in [3.8, 4) is 5.75 Å². The molecular weight excluding hydrogens is 346 g/mol. The van der Waals surface area contributed by atoms with Gasteiger partial charge in [-0.25, -0.2) is 4.79 Å². The first kappa shape index (κ1) is 17.9. The lowest BCUT2D eigenvalue weighted by Crippen LogP contribution is -2.36. The molecule has 5 nitrogen and oxygen atoms in total. The Kier molecular flexibility index (Phi) is 6.22. The number of urea groups is 1. The highest BCUT2D eigenvalue weighted by Crippen LogP contribution is 2.23. The molecule has 2 aromatic heterocycles. The van der Waals surface area contributed by atoms with Gasteiger partial charge in [-0.1, -0.05) is 24.3 Å². The van der Waals surface area contributed by atoms with Gasteiger partial charge in [0.05, 0.1) is 12.8 Å². The third-order valence-corrected chi connectivity index (χ3v) is 4.88. The van der Waals surface area contributed by atoms with Crippen LogP contribution in [-0.2, 0) is 13.0 Å². The summed E-state index contributed by atoms with van der Waals surface area (Å²) >= 11 is 1.70. The molecule has 6 heteroatoms. The second-order valence-corrected chi connectivity index (χ2v) is 6.77. The van der Waals surface area contributed by atoms with Crippen LogP contribution in [0, 0.1) is 0 Å². The fraction of sp³-hybridized carbons (Fsp3) is 0.200. The van der Waals surface area contributed by atoms with Crippen molar-refractivity contribution in [2.24, 2.45) is 0 Å². The van der Waals surface area contributed by atoms with Crippen molar-refractivity contribution in [2.75, 3.05) is 19.0 Å². The van der Waals surface area contributed by atoms with Gasteiger partial charge in [-0.05, 0) is 41.6 Å². The summed E-state index contributed by atoms with van der Waals surface area (Å²) in [6.07, 6.45) is 4.33. The molecule has 0 aliphatic rings. The van der Waals surface area contributed by atoms with Crippen molar-refractivity contribution in [3.63, 3.8) is 0 Å². The normalized spacial score (nSPS) is 10.3. The van der Waals surface area contributed by atoms with E-state index < -0.39 is 0 Å². The molecule has 0 aliphatic heterocycles. The van der Waals surface area contributed by atoms with Gasteiger partial charge < -0.3 is 15.0 Å². The van der Waals surface area contributed by atoms with Crippen molar-refractivity contribution in [1.82, 2.24) is 9.88 Å². The Bertz CT molecular complexity index is 822. The van der Waals surface area contributed by atoms with E-state index in [1.165, 1.54) is 4.88 Å². The molecular formula is C20H21N3O2S. The molecule has 134 valence electrons. The summed E-state index contributed by atoms with van der Waals surface area (Å²) in [5, 5.41) is 5.01. The number of para-hydroxylation sites is 2. The first-order chi connectivity index (χ1) is 12.8. The molecule has 0 atom stereocenters. The van der Waals surface area contributed by atoms with Crippen molar-refractivity contribution in [2.45, 2.75) is 13.0 Å². The summed E-state index contributed by atoms with van der Waals surface area (Å²) in [7, 11) is 1.59. The lowest BCUT2D eigenvalue weighted by molar-refractivity contribution is 0.209. The molecule has 0 aliphatic carbocycles. The van der Waals surface area contributed by atoms with Crippen LogP contribution < -0.4 is 10.1 Å². The van der Waals surface area contributed by atoms with E-state index in [0.29, 0.717) is 24.5 Å². The Morgan fingerprint density at radius 3 is 2.81 bits per heavy atom. The molecule has 3 aromatic rings. The number of hydrogen-bond donors (Lipinski definition) is 1. The number of pyridine rings is 1. The Balaban J connectivity index is 1.73. The summed E-state index contributed by atoms with van der Waals surface area (Å²) < 4.78 is 5.32. The van der Waals surface area contributed by atoms with Crippen LogP contribution in [0.2, 0.25) is 0 Å². The maximum atomic E-state index is 12.9. The number of thiophene rings is 1. The predicted molar refractivity (Wildman–Crippen MR) is 105 cm³/mol. The number of anilines is 1. The van der Waals surface area contributed by atoms with E-state index in [4.69, 9.17) is 4.74 Å². The number of benzene rings is 1. The van der Waals surface area contributed by atoms with Crippen LogP contribution in [0.25, 0.3) is 0 Å². The van der Waals surface area contributed by atoms with E-state index in [0.717, 1.165) is 12.0 Å². The number of rotatable bonds is 7. The standard InChI is InChI=1S/C20H21N3O2S/c1-25-19-9-3-2-8-18(19)22-20(24)23(12-10-17-7-5-13-26-17)15-16-6-4-11-21-14-16/h2-9,11,13-14H,10,12,15H2,1H3,(H,22,24). The van der Waals surface area contributed by atoms with Gasteiger partial charge in [-0.15, -0.1) is 11.3 Å². The van der Waals surface area contributed by atoms with Crippen LogP contribution in [-0.4, -0.2) is 29.6 Å². The maximum absolute atomic E-state index is 12.9. The van der Waals surface area contributed by atoms with E-state index in [-0.39, 0.29) is 6.03 Å². The number of nitrogens with zero attached hydrogens (tertiary/aromatic N) is 2. The SMILES string of the molecule is COc1ccccc1NC(=O)N(CCc1cccs1)Cc1cccnc1. The van der Waals surface area contributed by atoms with Crippen LogP contribution in [0.1, 0.15) is 10.4 Å². The third kappa shape index (κ3) is 4.83. The van der Waals surface area contributed by atoms with E-state index in [1.54, 1.807) is 35.7 Å². The number of ether oxygens (including phenoxy) is 1. The summed E-state index contributed by atoms with van der Waals surface area (Å²) in [4.78, 5) is 20.1. The zero-order chi connectivity index (χ0) is 18.2. The first-order valence-corrected chi connectivity index (χ1v) is 9.24. The minimum atomic E-state index is -0.157. The predicted octanol–water partition coefficient (Wildman–Crippen LogP) is 4.43. The van der Waals surface area contributed by atoms with Gasteiger partial charge in [0.15, 0.2) is 0 Å². The number of hydrogen-bond acceptors (Lipinski definition) is 4. The molecule has 0 radical (unpaired) electrons. The Morgan fingerprint density at radius 1 is 1.19 bits per heavy atom. The lowest BCUT2D eigenvalue weighted by atomic mass is 10.2. The molecule has 0 saturated heterocycles. The molecule has 0 bridgehead atoms. The average Bonchev–Trinajstić information content (AvgIpc) is 3.20. The number of methoxy groups -OCH3 is 1. The summed E-state index contributed by atoms with van der Waals surface area (Å²) in [6.45, 7) is 1.12.